The van der Waals surface area contributed by atoms with E-state index in [1.54, 1.807) is 7.11 Å². The summed E-state index contributed by atoms with van der Waals surface area (Å²) in [5, 5.41) is 2.25. The molecule has 0 atom stereocenters. The molecule has 3 aromatic rings. The van der Waals surface area contributed by atoms with E-state index in [2.05, 4.69) is 49.2 Å². The van der Waals surface area contributed by atoms with Gasteiger partial charge >= 0.3 is 0 Å². The summed E-state index contributed by atoms with van der Waals surface area (Å²) in [5.41, 5.74) is 3.62. The van der Waals surface area contributed by atoms with Gasteiger partial charge in [0.1, 0.15) is 0 Å². The molecule has 0 bridgehead atoms. The minimum atomic E-state index is 0.486. The van der Waals surface area contributed by atoms with E-state index in [1.807, 2.05) is 24.4 Å². The molecule has 0 fully saturated rings. The van der Waals surface area contributed by atoms with Gasteiger partial charge in [0.2, 0.25) is 5.88 Å². The average Bonchev–Trinajstić information content (AvgIpc) is 2.54. The Balaban J connectivity index is 2.29. The molecule has 0 radical (unpaired) electrons. The average molecular weight is 277 g/mol. The first-order valence-corrected chi connectivity index (χ1v) is 7.22. The van der Waals surface area contributed by atoms with E-state index in [-0.39, 0.29) is 0 Å². The zero-order valence-corrected chi connectivity index (χ0v) is 12.6. The number of methoxy groups -OCH3 is 1. The highest BCUT2D eigenvalue weighted by molar-refractivity contribution is 5.99. The van der Waals surface area contributed by atoms with Gasteiger partial charge in [-0.1, -0.05) is 56.3 Å². The molecule has 3 rings (SSSR count). The first-order chi connectivity index (χ1) is 10.2. The van der Waals surface area contributed by atoms with Crippen molar-refractivity contribution in [2.24, 2.45) is 0 Å². The predicted octanol–water partition coefficient (Wildman–Crippen LogP) is 5.03. The number of rotatable bonds is 3. The number of pyridine rings is 1. The van der Waals surface area contributed by atoms with Crippen LogP contribution in [0, 0.1) is 0 Å². The smallest absolute Gasteiger partial charge is 0.221 e. The number of nitrogens with zero attached hydrogens (tertiary/aromatic N) is 1. The van der Waals surface area contributed by atoms with Crippen LogP contribution in [-0.4, -0.2) is 12.1 Å². The van der Waals surface area contributed by atoms with Crippen LogP contribution in [0.4, 0.5) is 0 Å². The van der Waals surface area contributed by atoms with Crippen LogP contribution in [0.25, 0.3) is 21.9 Å². The molecule has 2 heteroatoms. The zero-order chi connectivity index (χ0) is 14.8. The summed E-state index contributed by atoms with van der Waals surface area (Å²) >= 11 is 0. The van der Waals surface area contributed by atoms with E-state index in [4.69, 9.17) is 4.74 Å². The molecule has 0 N–H and O–H groups in total. The molecule has 106 valence electrons. The summed E-state index contributed by atoms with van der Waals surface area (Å²) in [6.45, 7) is 4.39. The van der Waals surface area contributed by atoms with Gasteiger partial charge in [0.25, 0.3) is 0 Å². The lowest BCUT2D eigenvalue weighted by Gasteiger charge is -2.13. The van der Waals surface area contributed by atoms with Crippen LogP contribution in [0.15, 0.2) is 54.7 Å². The van der Waals surface area contributed by atoms with E-state index in [0.717, 1.165) is 10.9 Å². The van der Waals surface area contributed by atoms with Crippen LogP contribution >= 0.6 is 0 Å². The molecule has 0 saturated heterocycles. The van der Waals surface area contributed by atoms with Gasteiger partial charge in [0.05, 0.1) is 7.11 Å². The number of hydrogen-bond donors (Lipinski definition) is 0. The van der Waals surface area contributed by atoms with Gasteiger partial charge in [-0.2, -0.15) is 0 Å². The minimum Gasteiger partial charge on any atom is -0.481 e. The van der Waals surface area contributed by atoms with E-state index >= 15 is 0 Å². The first-order valence-electron chi connectivity index (χ1n) is 7.22. The molecule has 0 aliphatic heterocycles. The molecule has 1 heterocycles. The third kappa shape index (κ3) is 2.49. The fourth-order valence-electron chi connectivity index (χ4n) is 2.61. The minimum absolute atomic E-state index is 0.486. The first kappa shape index (κ1) is 13.6. The van der Waals surface area contributed by atoms with Crippen molar-refractivity contribution < 1.29 is 4.74 Å². The predicted molar refractivity (Wildman–Crippen MR) is 87.8 cm³/mol. The molecule has 0 saturated carbocycles. The lowest BCUT2D eigenvalue weighted by Crippen LogP contribution is -1.94. The molecule has 21 heavy (non-hydrogen) atoms. The van der Waals surface area contributed by atoms with Crippen molar-refractivity contribution in [1.29, 1.82) is 0 Å². The second kappa shape index (κ2) is 5.57. The highest BCUT2D eigenvalue weighted by atomic mass is 16.5. The fraction of sp³-hybridized carbons (Fsp3) is 0.211. The summed E-state index contributed by atoms with van der Waals surface area (Å²) in [4.78, 5) is 4.48. The van der Waals surface area contributed by atoms with Crippen molar-refractivity contribution in [1.82, 2.24) is 4.98 Å². The third-order valence-corrected chi connectivity index (χ3v) is 3.82. The summed E-state index contributed by atoms with van der Waals surface area (Å²) in [6, 6.07) is 16.9. The van der Waals surface area contributed by atoms with E-state index in [9.17, 15) is 0 Å². The van der Waals surface area contributed by atoms with Gasteiger partial charge in [-0.3, -0.25) is 0 Å². The van der Waals surface area contributed by atoms with Gasteiger partial charge in [-0.25, -0.2) is 4.98 Å². The number of aromatic nitrogens is 1. The second-order valence-electron chi connectivity index (χ2n) is 5.51. The van der Waals surface area contributed by atoms with Gasteiger partial charge in [-0.15, -0.1) is 0 Å². The van der Waals surface area contributed by atoms with Crippen molar-refractivity contribution in [3.8, 4) is 17.0 Å². The molecular weight excluding hydrogens is 258 g/mol. The van der Waals surface area contributed by atoms with Crippen LogP contribution in [0.1, 0.15) is 25.3 Å². The molecule has 2 aromatic carbocycles. The third-order valence-electron chi connectivity index (χ3n) is 3.82. The van der Waals surface area contributed by atoms with Crippen molar-refractivity contribution in [3.05, 3.63) is 60.3 Å². The number of fused-ring (bicyclic) bond motifs is 1. The largest absolute Gasteiger partial charge is 0.481 e. The fourth-order valence-corrected chi connectivity index (χ4v) is 2.61. The van der Waals surface area contributed by atoms with Crippen molar-refractivity contribution in [3.63, 3.8) is 0 Å². The van der Waals surface area contributed by atoms with Gasteiger partial charge in [0.15, 0.2) is 0 Å². The summed E-state index contributed by atoms with van der Waals surface area (Å²) in [7, 11) is 1.67. The monoisotopic (exact) mass is 277 g/mol. The molecule has 0 aliphatic rings. The number of benzene rings is 2. The van der Waals surface area contributed by atoms with Crippen LogP contribution in [0.5, 0.6) is 5.88 Å². The Bertz CT molecular complexity index is 763. The van der Waals surface area contributed by atoms with Crippen LogP contribution < -0.4 is 4.74 Å². The zero-order valence-electron chi connectivity index (χ0n) is 12.6. The molecular formula is C19H19NO. The summed E-state index contributed by atoms with van der Waals surface area (Å²) in [5.74, 6) is 1.17. The van der Waals surface area contributed by atoms with E-state index < -0.39 is 0 Å². The van der Waals surface area contributed by atoms with Gasteiger partial charge in [-0.05, 0) is 28.5 Å². The normalized spacial score (nSPS) is 11.0. The standard InChI is InChI=1S/C19H19NO/c1-13(2)15-9-10-16-17(11-15)19(21-3)20-12-18(16)14-7-5-4-6-8-14/h4-13H,1-3H3. The Morgan fingerprint density at radius 3 is 2.38 bits per heavy atom. The molecule has 0 unspecified atom stereocenters. The van der Waals surface area contributed by atoms with Gasteiger partial charge < -0.3 is 4.74 Å². The summed E-state index contributed by atoms with van der Waals surface area (Å²) < 4.78 is 5.44. The number of ether oxygens (including phenoxy) is 1. The lowest BCUT2D eigenvalue weighted by molar-refractivity contribution is 0.403. The molecule has 0 amide bonds. The van der Waals surface area contributed by atoms with Crippen LogP contribution in [0.3, 0.4) is 0 Å². The molecule has 0 spiro atoms. The highest BCUT2D eigenvalue weighted by Crippen LogP contribution is 2.34. The van der Waals surface area contributed by atoms with Gasteiger partial charge in [0, 0.05) is 17.1 Å². The molecule has 2 nitrogen and oxygen atoms in total. The SMILES string of the molecule is COc1ncc(-c2ccccc2)c2ccc(C(C)C)cc12. The lowest BCUT2D eigenvalue weighted by atomic mass is 9.96. The van der Waals surface area contributed by atoms with E-state index in [1.165, 1.54) is 16.5 Å². The Hall–Kier alpha value is -2.35. The van der Waals surface area contributed by atoms with Crippen molar-refractivity contribution in [2.75, 3.05) is 7.11 Å². The second-order valence-corrected chi connectivity index (χ2v) is 5.51. The van der Waals surface area contributed by atoms with Crippen LogP contribution in [0.2, 0.25) is 0 Å². The molecule has 0 aliphatic carbocycles. The van der Waals surface area contributed by atoms with Crippen molar-refractivity contribution >= 4 is 10.8 Å². The topological polar surface area (TPSA) is 22.1 Å². The summed E-state index contributed by atoms with van der Waals surface area (Å²) in [6.07, 6.45) is 1.89. The Labute approximate surface area is 125 Å². The highest BCUT2D eigenvalue weighted by Gasteiger charge is 2.11. The maximum Gasteiger partial charge on any atom is 0.221 e. The Morgan fingerprint density at radius 1 is 0.952 bits per heavy atom. The maximum absolute atomic E-state index is 5.44. The Kier molecular flexibility index (Phi) is 3.61. The quantitative estimate of drug-likeness (QED) is 0.669. The van der Waals surface area contributed by atoms with E-state index in [0.29, 0.717) is 11.8 Å². The van der Waals surface area contributed by atoms with Crippen molar-refractivity contribution in [2.45, 2.75) is 19.8 Å². The maximum atomic E-state index is 5.44. The van der Waals surface area contributed by atoms with Crippen LogP contribution in [-0.2, 0) is 0 Å². The number of hydrogen-bond acceptors (Lipinski definition) is 2. The Morgan fingerprint density at radius 2 is 1.71 bits per heavy atom. The molecule has 1 aromatic heterocycles.